The Balaban J connectivity index is 1.34. The first-order valence-electron chi connectivity index (χ1n) is 10.0. The van der Waals surface area contributed by atoms with Gasteiger partial charge in [0, 0.05) is 19.2 Å². The van der Waals surface area contributed by atoms with Crippen LogP contribution in [0.4, 0.5) is 4.79 Å². The average Bonchev–Trinajstić information content (AvgIpc) is 2.57. The largest absolute Gasteiger partial charge is 0.375 e. The second kappa shape index (κ2) is 8.52. The predicted octanol–water partition coefficient (Wildman–Crippen LogP) is 2.90. The fourth-order valence-electron chi connectivity index (χ4n) is 4.67. The summed E-state index contributed by atoms with van der Waals surface area (Å²) in [4.78, 5) is 14.6. The molecule has 138 valence electrons. The first kappa shape index (κ1) is 18.0. The van der Waals surface area contributed by atoms with Gasteiger partial charge in [0.05, 0.1) is 5.60 Å². The van der Waals surface area contributed by atoms with E-state index in [1.54, 1.807) is 0 Å². The molecule has 0 unspecified atom stereocenters. The minimum atomic E-state index is 0.0146. The Kier molecular flexibility index (Phi) is 6.39. The van der Waals surface area contributed by atoms with E-state index >= 15 is 0 Å². The van der Waals surface area contributed by atoms with Crippen molar-refractivity contribution < 1.29 is 9.53 Å². The van der Waals surface area contributed by atoms with Gasteiger partial charge in [-0.05, 0) is 71.0 Å². The van der Waals surface area contributed by atoms with Gasteiger partial charge in [-0.2, -0.15) is 0 Å². The molecular formula is C19H35N3O2. The quantitative estimate of drug-likeness (QED) is 0.829. The highest BCUT2D eigenvalue weighted by molar-refractivity contribution is 5.74. The Morgan fingerprint density at radius 3 is 2.67 bits per heavy atom. The van der Waals surface area contributed by atoms with Crippen molar-refractivity contribution in [2.75, 3.05) is 33.3 Å². The third kappa shape index (κ3) is 5.09. The summed E-state index contributed by atoms with van der Waals surface area (Å²) in [6.07, 6.45) is 11.8. The number of rotatable bonds is 4. The molecule has 1 spiro atoms. The topological polar surface area (TPSA) is 53.6 Å². The normalized spacial score (nSPS) is 28.6. The van der Waals surface area contributed by atoms with Gasteiger partial charge in [0.1, 0.15) is 0 Å². The van der Waals surface area contributed by atoms with Crippen LogP contribution in [0.2, 0.25) is 0 Å². The summed E-state index contributed by atoms with van der Waals surface area (Å²) in [7, 11) is 2.19. The summed E-state index contributed by atoms with van der Waals surface area (Å²) in [5.74, 6) is 0.773. The lowest BCUT2D eigenvalue weighted by molar-refractivity contribution is -0.107. The van der Waals surface area contributed by atoms with Crippen LogP contribution in [-0.4, -0.2) is 55.9 Å². The minimum absolute atomic E-state index is 0.0146. The van der Waals surface area contributed by atoms with Gasteiger partial charge in [0.2, 0.25) is 0 Å². The lowest BCUT2D eigenvalue weighted by Gasteiger charge is -2.43. The smallest absolute Gasteiger partial charge is 0.315 e. The Labute approximate surface area is 146 Å². The van der Waals surface area contributed by atoms with Crippen molar-refractivity contribution in [3.63, 3.8) is 0 Å². The van der Waals surface area contributed by atoms with Crippen LogP contribution < -0.4 is 10.6 Å². The molecule has 2 aliphatic heterocycles. The second-order valence-electron chi connectivity index (χ2n) is 8.22. The van der Waals surface area contributed by atoms with Crippen molar-refractivity contribution in [3.8, 4) is 0 Å². The van der Waals surface area contributed by atoms with E-state index in [9.17, 15) is 4.79 Å². The van der Waals surface area contributed by atoms with Crippen LogP contribution in [0.15, 0.2) is 0 Å². The number of urea groups is 1. The zero-order valence-electron chi connectivity index (χ0n) is 15.3. The molecule has 2 heterocycles. The molecule has 0 bridgehead atoms. The molecule has 0 aromatic carbocycles. The van der Waals surface area contributed by atoms with Crippen molar-refractivity contribution in [1.82, 2.24) is 15.5 Å². The zero-order chi connectivity index (χ0) is 16.8. The Hall–Kier alpha value is -0.810. The third-order valence-corrected chi connectivity index (χ3v) is 6.27. The van der Waals surface area contributed by atoms with E-state index in [2.05, 4.69) is 22.6 Å². The van der Waals surface area contributed by atoms with Gasteiger partial charge in [-0.3, -0.25) is 0 Å². The first-order chi connectivity index (χ1) is 11.7. The van der Waals surface area contributed by atoms with Gasteiger partial charge < -0.3 is 20.3 Å². The summed E-state index contributed by atoms with van der Waals surface area (Å²) < 4.78 is 6.11. The Morgan fingerprint density at radius 2 is 1.92 bits per heavy atom. The van der Waals surface area contributed by atoms with E-state index < -0.39 is 0 Å². The number of ether oxygens (including phenoxy) is 1. The molecule has 2 N–H and O–H groups in total. The molecule has 1 atom stereocenters. The Bertz CT molecular complexity index is 396. The molecule has 0 radical (unpaired) electrons. The van der Waals surface area contributed by atoms with Gasteiger partial charge in [-0.25, -0.2) is 4.79 Å². The number of hydrogen-bond acceptors (Lipinski definition) is 3. The zero-order valence-corrected chi connectivity index (χ0v) is 15.3. The Morgan fingerprint density at radius 1 is 1.17 bits per heavy atom. The number of nitrogens with zero attached hydrogens (tertiary/aromatic N) is 1. The van der Waals surface area contributed by atoms with Gasteiger partial charge in [0.15, 0.2) is 0 Å². The summed E-state index contributed by atoms with van der Waals surface area (Å²) in [6.45, 7) is 3.98. The van der Waals surface area contributed by atoms with Gasteiger partial charge >= 0.3 is 6.03 Å². The fraction of sp³-hybridized carbons (Fsp3) is 0.947. The van der Waals surface area contributed by atoms with Crippen molar-refractivity contribution in [2.45, 2.75) is 75.9 Å². The van der Waals surface area contributed by atoms with Gasteiger partial charge in [-0.15, -0.1) is 0 Å². The molecule has 2 amide bonds. The van der Waals surface area contributed by atoms with Gasteiger partial charge in [0.25, 0.3) is 0 Å². The highest BCUT2D eigenvalue weighted by atomic mass is 16.5. The van der Waals surface area contributed by atoms with Crippen molar-refractivity contribution in [2.24, 2.45) is 5.92 Å². The van der Waals surface area contributed by atoms with E-state index in [4.69, 9.17) is 4.74 Å². The number of nitrogens with one attached hydrogen (secondary N) is 2. The minimum Gasteiger partial charge on any atom is -0.375 e. The van der Waals surface area contributed by atoms with Crippen LogP contribution in [0.25, 0.3) is 0 Å². The first-order valence-corrected chi connectivity index (χ1v) is 10.0. The molecule has 1 aliphatic carbocycles. The molecule has 2 saturated heterocycles. The van der Waals surface area contributed by atoms with E-state index in [0.29, 0.717) is 0 Å². The molecule has 0 aromatic heterocycles. The standard InChI is InChI=1S/C19H35N3O2/c1-22-12-6-16(7-13-22)5-11-20-18(23)21-17-8-14-24-19(15-17)9-3-2-4-10-19/h16-17H,2-15H2,1H3,(H2,20,21,23)/t17-/m1/s1. The van der Waals surface area contributed by atoms with E-state index in [1.807, 2.05) is 0 Å². The molecule has 3 aliphatic rings. The maximum Gasteiger partial charge on any atom is 0.315 e. The van der Waals surface area contributed by atoms with Crippen molar-refractivity contribution in [1.29, 1.82) is 0 Å². The summed E-state index contributed by atoms with van der Waals surface area (Å²) in [5, 5.41) is 6.27. The molecule has 0 aromatic rings. The molecule has 3 rings (SSSR count). The van der Waals surface area contributed by atoms with Crippen LogP contribution in [0.3, 0.4) is 0 Å². The summed E-state index contributed by atoms with van der Waals surface area (Å²) >= 11 is 0. The van der Waals surface area contributed by atoms with Gasteiger partial charge in [-0.1, -0.05) is 19.3 Å². The molecule has 5 heteroatoms. The maximum absolute atomic E-state index is 12.2. The number of amides is 2. The lowest BCUT2D eigenvalue weighted by atomic mass is 9.78. The molecule has 3 fully saturated rings. The lowest BCUT2D eigenvalue weighted by Crippen LogP contribution is -2.51. The predicted molar refractivity (Wildman–Crippen MR) is 96.2 cm³/mol. The van der Waals surface area contributed by atoms with Crippen molar-refractivity contribution in [3.05, 3.63) is 0 Å². The molecule has 1 saturated carbocycles. The number of carbonyl (C=O) groups is 1. The summed E-state index contributed by atoms with van der Waals surface area (Å²) in [5.41, 5.74) is 0.0581. The molecule has 24 heavy (non-hydrogen) atoms. The van der Waals surface area contributed by atoms with Crippen LogP contribution in [0, 0.1) is 5.92 Å². The summed E-state index contributed by atoms with van der Waals surface area (Å²) in [6, 6.07) is 0.293. The van der Waals surface area contributed by atoms with Crippen LogP contribution >= 0.6 is 0 Å². The monoisotopic (exact) mass is 337 g/mol. The second-order valence-corrected chi connectivity index (χ2v) is 8.22. The third-order valence-electron chi connectivity index (χ3n) is 6.27. The molecule has 5 nitrogen and oxygen atoms in total. The highest BCUT2D eigenvalue weighted by Gasteiger charge is 2.38. The van der Waals surface area contributed by atoms with Crippen LogP contribution in [0.5, 0.6) is 0 Å². The van der Waals surface area contributed by atoms with E-state index in [-0.39, 0.29) is 17.7 Å². The number of piperidine rings is 1. The van der Waals surface area contributed by atoms with E-state index in [1.165, 1.54) is 58.0 Å². The SMILES string of the molecule is CN1CCC(CCNC(=O)N[C@@H]2CCOC3(CCCCC3)C2)CC1. The number of carbonyl (C=O) groups excluding carboxylic acids is 1. The molecular weight excluding hydrogens is 302 g/mol. The highest BCUT2D eigenvalue weighted by Crippen LogP contribution is 2.38. The number of likely N-dealkylation sites (tertiary alicyclic amines) is 1. The number of hydrogen-bond donors (Lipinski definition) is 2. The van der Waals surface area contributed by atoms with E-state index in [0.717, 1.165) is 38.3 Å². The average molecular weight is 338 g/mol. The van der Waals surface area contributed by atoms with Crippen LogP contribution in [-0.2, 0) is 4.74 Å². The van der Waals surface area contributed by atoms with Crippen LogP contribution in [0.1, 0.15) is 64.2 Å². The van der Waals surface area contributed by atoms with Crippen molar-refractivity contribution >= 4 is 6.03 Å². The maximum atomic E-state index is 12.2. The fourth-order valence-corrected chi connectivity index (χ4v) is 4.67.